The number of aryl methyl sites for hydroxylation is 1. The number of aromatic nitrogens is 1. The zero-order valence-corrected chi connectivity index (χ0v) is 14.8. The summed E-state index contributed by atoms with van der Waals surface area (Å²) >= 11 is 0. The van der Waals surface area contributed by atoms with Crippen molar-refractivity contribution in [1.82, 2.24) is 9.88 Å². The molecule has 1 aromatic heterocycles. The first-order valence-corrected chi connectivity index (χ1v) is 10.3. The second kappa shape index (κ2) is 6.65. The summed E-state index contributed by atoms with van der Waals surface area (Å²) in [4.78, 5) is 5.77. The number of likely N-dealkylation sites (tertiary alicyclic amines) is 1. The quantitative estimate of drug-likeness (QED) is 0.914. The molecule has 0 aliphatic carbocycles. The SMILES string of the molecule is CCS(=O)(=O)CCc1ccc2c(C3CCN(C)CC3)c[nH]c2c1. The van der Waals surface area contributed by atoms with Crippen LogP contribution in [0.4, 0.5) is 0 Å². The summed E-state index contributed by atoms with van der Waals surface area (Å²) in [6.45, 7) is 4.02. The van der Waals surface area contributed by atoms with E-state index in [4.69, 9.17) is 0 Å². The molecular formula is C18H26N2O2S. The predicted molar refractivity (Wildman–Crippen MR) is 95.8 cm³/mol. The Labute approximate surface area is 138 Å². The van der Waals surface area contributed by atoms with Gasteiger partial charge in [-0.05, 0) is 62.5 Å². The summed E-state index contributed by atoms with van der Waals surface area (Å²) in [5.41, 5.74) is 3.64. The molecule has 1 aliphatic heterocycles. The average molecular weight is 334 g/mol. The molecule has 0 spiro atoms. The molecule has 4 nitrogen and oxygen atoms in total. The highest BCUT2D eigenvalue weighted by Gasteiger charge is 2.21. The molecule has 1 fully saturated rings. The number of aromatic amines is 1. The zero-order chi connectivity index (χ0) is 16.4. The van der Waals surface area contributed by atoms with Gasteiger partial charge in [-0.15, -0.1) is 0 Å². The van der Waals surface area contributed by atoms with E-state index in [1.165, 1.54) is 23.8 Å². The van der Waals surface area contributed by atoms with Crippen molar-refractivity contribution in [1.29, 1.82) is 0 Å². The molecule has 126 valence electrons. The summed E-state index contributed by atoms with van der Waals surface area (Å²) in [6, 6.07) is 6.35. The Morgan fingerprint density at radius 2 is 2.00 bits per heavy atom. The van der Waals surface area contributed by atoms with Crippen LogP contribution in [0.1, 0.15) is 36.8 Å². The van der Waals surface area contributed by atoms with E-state index in [1.54, 1.807) is 6.92 Å². The van der Waals surface area contributed by atoms with Crippen LogP contribution in [0.3, 0.4) is 0 Å². The number of benzene rings is 1. The third kappa shape index (κ3) is 3.78. The van der Waals surface area contributed by atoms with E-state index in [-0.39, 0.29) is 11.5 Å². The van der Waals surface area contributed by atoms with E-state index in [2.05, 4.69) is 41.3 Å². The van der Waals surface area contributed by atoms with Gasteiger partial charge in [0.15, 0.2) is 0 Å². The van der Waals surface area contributed by atoms with Crippen LogP contribution in [0.25, 0.3) is 10.9 Å². The Morgan fingerprint density at radius 3 is 2.70 bits per heavy atom. The number of hydrogen-bond acceptors (Lipinski definition) is 3. The van der Waals surface area contributed by atoms with Crippen molar-refractivity contribution in [3.63, 3.8) is 0 Å². The molecule has 0 radical (unpaired) electrons. The summed E-state index contributed by atoms with van der Waals surface area (Å²) in [5, 5.41) is 1.29. The van der Waals surface area contributed by atoms with E-state index in [0.29, 0.717) is 12.3 Å². The van der Waals surface area contributed by atoms with Crippen LogP contribution in [0, 0.1) is 0 Å². The molecular weight excluding hydrogens is 308 g/mol. The minimum absolute atomic E-state index is 0.220. The van der Waals surface area contributed by atoms with Gasteiger partial charge in [0, 0.05) is 22.9 Å². The normalized spacial score (nSPS) is 17.8. The first-order chi connectivity index (χ1) is 11.0. The maximum absolute atomic E-state index is 11.7. The van der Waals surface area contributed by atoms with Gasteiger partial charge in [-0.1, -0.05) is 19.1 Å². The molecule has 1 aliphatic rings. The second-order valence-electron chi connectivity index (χ2n) is 6.69. The van der Waals surface area contributed by atoms with Crippen LogP contribution < -0.4 is 0 Å². The maximum atomic E-state index is 11.7. The summed E-state index contributed by atoms with van der Waals surface area (Å²) in [7, 11) is -0.720. The lowest BCUT2D eigenvalue weighted by Gasteiger charge is -2.28. The van der Waals surface area contributed by atoms with Gasteiger partial charge in [0.2, 0.25) is 0 Å². The van der Waals surface area contributed by atoms with E-state index in [9.17, 15) is 8.42 Å². The Bertz CT molecular complexity index is 771. The topological polar surface area (TPSA) is 53.2 Å². The standard InChI is InChI=1S/C18H26N2O2S/c1-3-23(21,22)11-8-14-4-5-16-17(13-19-18(16)12-14)15-6-9-20(2)10-7-15/h4-5,12-13,15,19H,3,6-11H2,1-2H3. The highest BCUT2D eigenvalue weighted by atomic mass is 32.2. The Morgan fingerprint density at radius 1 is 1.26 bits per heavy atom. The molecule has 0 bridgehead atoms. The van der Waals surface area contributed by atoms with Crippen LogP contribution in [0.2, 0.25) is 0 Å². The van der Waals surface area contributed by atoms with Crippen LogP contribution in [-0.2, 0) is 16.3 Å². The van der Waals surface area contributed by atoms with Crippen molar-refractivity contribution in [2.24, 2.45) is 0 Å². The maximum Gasteiger partial charge on any atom is 0.150 e. The molecule has 23 heavy (non-hydrogen) atoms. The van der Waals surface area contributed by atoms with Gasteiger partial charge in [0.25, 0.3) is 0 Å². The second-order valence-corrected chi connectivity index (χ2v) is 9.16. The summed E-state index contributed by atoms with van der Waals surface area (Å²) < 4.78 is 23.3. The third-order valence-corrected chi connectivity index (χ3v) is 6.78. The van der Waals surface area contributed by atoms with E-state index in [0.717, 1.165) is 24.2 Å². The fourth-order valence-electron chi connectivity index (χ4n) is 3.43. The van der Waals surface area contributed by atoms with Gasteiger partial charge in [0.05, 0.1) is 5.75 Å². The smallest absolute Gasteiger partial charge is 0.150 e. The number of H-pyrrole nitrogens is 1. The number of fused-ring (bicyclic) bond motifs is 1. The minimum atomic E-state index is -2.90. The van der Waals surface area contributed by atoms with Gasteiger partial charge in [0.1, 0.15) is 9.84 Å². The molecule has 2 heterocycles. The van der Waals surface area contributed by atoms with Crippen molar-refractivity contribution in [3.05, 3.63) is 35.5 Å². The van der Waals surface area contributed by atoms with Crippen molar-refractivity contribution >= 4 is 20.7 Å². The number of nitrogens with one attached hydrogen (secondary N) is 1. The fourth-order valence-corrected chi connectivity index (χ4v) is 4.26. The largest absolute Gasteiger partial charge is 0.361 e. The zero-order valence-electron chi connectivity index (χ0n) is 14.0. The number of hydrogen-bond donors (Lipinski definition) is 1. The molecule has 1 aromatic carbocycles. The molecule has 2 aromatic rings. The molecule has 0 amide bonds. The van der Waals surface area contributed by atoms with Crippen molar-refractivity contribution < 1.29 is 8.42 Å². The van der Waals surface area contributed by atoms with Gasteiger partial charge in [-0.25, -0.2) is 8.42 Å². The number of rotatable bonds is 5. The van der Waals surface area contributed by atoms with Gasteiger partial charge < -0.3 is 9.88 Å². The van der Waals surface area contributed by atoms with Gasteiger partial charge in [-0.3, -0.25) is 0 Å². The molecule has 0 saturated carbocycles. The first-order valence-electron chi connectivity index (χ1n) is 8.47. The van der Waals surface area contributed by atoms with Crippen molar-refractivity contribution in [3.8, 4) is 0 Å². The molecule has 5 heteroatoms. The Balaban J connectivity index is 1.77. The number of sulfone groups is 1. The van der Waals surface area contributed by atoms with E-state index in [1.807, 2.05) is 0 Å². The molecule has 1 N–H and O–H groups in total. The lowest BCUT2D eigenvalue weighted by molar-refractivity contribution is 0.256. The Kier molecular flexibility index (Phi) is 4.78. The predicted octanol–water partition coefficient (Wildman–Crippen LogP) is 2.95. The average Bonchev–Trinajstić information content (AvgIpc) is 2.97. The minimum Gasteiger partial charge on any atom is -0.361 e. The molecule has 0 unspecified atom stereocenters. The third-order valence-electron chi connectivity index (χ3n) is 5.08. The Hall–Kier alpha value is -1.33. The van der Waals surface area contributed by atoms with Gasteiger partial charge in [-0.2, -0.15) is 0 Å². The van der Waals surface area contributed by atoms with Crippen molar-refractivity contribution in [2.45, 2.75) is 32.1 Å². The fraction of sp³-hybridized carbons (Fsp3) is 0.556. The molecule has 0 atom stereocenters. The lowest BCUT2D eigenvalue weighted by atomic mass is 9.89. The summed E-state index contributed by atoms with van der Waals surface area (Å²) in [6.07, 6.45) is 5.15. The van der Waals surface area contributed by atoms with Crippen LogP contribution in [0.5, 0.6) is 0 Å². The molecule has 1 saturated heterocycles. The highest BCUT2D eigenvalue weighted by Crippen LogP contribution is 2.33. The van der Waals surface area contributed by atoms with Crippen LogP contribution >= 0.6 is 0 Å². The summed E-state index contributed by atoms with van der Waals surface area (Å²) in [5.74, 6) is 1.08. The number of nitrogens with zero attached hydrogens (tertiary/aromatic N) is 1. The van der Waals surface area contributed by atoms with Crippen molar-refractivity contribution in [2.75, 3.05) is 31.6 Å². The van der Waals surface area contributed by atoms with Crippen LogP contribution in [0.15, 0.2) is 24.4 Å². The van der Waals surface area contributed by atoms with Crippen LogP contribution in [-0.4, -0.2) is 49.9 Å². The van der Waals surface area contributed by atoms with E-state index >= 15 is 0 Å². The van der Waals surface area contributed by atoms with E-state index < -0.39 is 9.84 Å². The van der Waals surface area contributed by atoms with Gasteiger partial charge >= 0.3 is 0 Å². The number of piperidine rings is 1. The first kappa shape index (κ1) is 16.5. The lowest BCUT2D eigenvalue weighted by Crippen LogP contribution is -2.29. The highest BCUT2D eigenvalue weighted by molar-refractivity contribution is 7.91. The molecule has 3 rings (SSSR count). The monoisotopic (exact) mass is 334 g/mol.